The van der Waals surface area contributed by atoms with Gasteiger partial charge in [-0.15, -0.1) is 0 Å². The van der Waals surface area contributed by atoms with Crippen LogP contribution in [0.3, 0.4) is 0 Å². The highest BCUT2D eigenvalue weighted by Gasteiger charge is 2.18. The van der Waals surface area contributed by atoms with Crippen molar-refractivity contribution in [3.63, 3.8) is 0 Å². The summed E-state index contributed by atoms with van der Waals surface area (Å²) in [5.41, 5.74) is 0.0365. The van der Waals surface area contributed by atoms with E-state index in [1.54, 1.807) is 30.3 Å². The summed E-state index contributed by atoms with van der Waals surface area (Å²) < 4.78 is 23.1. The number of aromatic nitrogens is 1. The van der Waals surface area contributed by atoms with Crippen LogP contribution in [0.2, 0.25) is 0 Å². The van der Waals surface area contributed by atoms with Gasteiger partial charge in [0.25, 0.3) is 5.91 Å². The Kier molecular flexibility index (Phi) is 3.92. The lowest BCUT2D eigenvalue weighted by Gasteiger charge is -2.09. The first kappa shape index (κ1) is 15.9. The minimum Gasteiger partial charge on any atom is -0.360 e. The highest BCUT2D eigenvalue weighted by molar-refractivity contribution is 7.89. The molecule has 0 aliphatic carbocycles. The van der Waals surface area contributed by atoms with Crippen LogP contribution in [0.5, 0.6) is 0 Å². The predicted octanol–water partition coefficient (Wildman–Crippen LogP) is 1.43. The van der Waals surface area contributed by atoms with Gasteiger partial charge in [0.1, 0.15) is 10.5 Å². The van der Waals surface area contributed by atoms with Crippen LogP contribution < -0.4 is 15.9 Å². The van der Waals surface area contributed by atoms with Gasteiger partial charge in [-0.25, -0.2) is 13.6 Å². The van der Waals surface area contributed by atoms with Crippen LogP contribution in [0.25, 0.3) is 10.9 Å². The van der Waals surface area contributed by atoms with Crippen molar-refractivity contribution >= 4 is 32.5 Å². The minimum absolute atomic E-state index is 0.0116. The number of benzene rings is 2. The molecule has 0 saturated carbocycles. The topological polar surface area (TPSA) is 122 Å². The lowest BCUT2D eigenvalue weighted by molar-refractivity contribution is 0.102. The Hall–Kier alpha value is -2.97. The van der Waals surface area contributed by atoms with E-state index in [2.05, 4.69) is 10.3 Å². The molecule has 0 aliphatic heterocycles. The summed E-state index contributed by atoms with van der Waals surface area (Å²) in [4.78, 5) is 27.5. The second-order valence-corrected chi connectivity index (χ2v) is 6.60. The highest BCUT2D eigenvalue weighted by atomic mass is 32.2. The van der Waals surface area contributed by atoms with E-state index in [-0.39, 0.29) is 16.1 Å². The molecule has 3 aromatic rings. The van der Waals surface area contributed by atoms with E-state index in [0.717, 1.165) is 0 Å². The summed E-state index contributed by atoms with van der Waals surface area (Å²) in [7, 11) is -4.01. The summed E-state index contributed by atoms with van der Waals surface area (Å²) in [6, 6.07) is 12.5. The average Bonchev–Trinajstić information content (AvgIpc) is 2.55. The molecule has 0 saturated heterocycles. The Morgan fingerprint density at radius 2 is 1.71 bits per heavy atom. The molecule has 7 nitrogen and oxygen atoms in total. The van der Waals surface area contributed by atoms with Crippen LogP contribution in [-0.4, -0.2) is 19.3 Å². The molecule has 0 fully saturated rings. The van der Waals surface area contributed by atoms with Crippen LogP contribution in [0.15, 0.2) is 64.4 Å². The largest absolute Gasteiger partial charge is 0.360 e. The molecule has 24 heavy (non-hydrogen) atoms. The normalized spacial score (nSPS) is 11.4. The van der Waals surface area contributed by atoms with Crippen molar-refractivity contribution in [1.29, 1.82) is 0 Å². The van der Waals surface area contributed by atoms with Crippen LogP contribution in [0.4, 0.5) is 5.69 Å². The fourth-order valence-electron chi connectivity index (χ4n) is 2.34. The zero-order chi connectivity index (χ0) is 17.3. The quantitative estimate of drug-likeness (QED) is 0.666. The molecular formula is C16H13N3O4S. The van der Waals surface area contributed by atoms with Crippen molar-refractivity contribution in [1.82, 2.24) is 4.98 Å². The number of anilines is 1. The molecule has 3 rings (SSSR count). The number of fused-ring (bicyclic) bond motifs is 1. The number of rotatable bonds is 3. The summed E-state index contributed by atoms with van der Waals surface area (Å²) in [6.07, 6.45) is 1.29. The Labute approximate surface area is 137 Å². The van der Waals surface area contributed by atoms with Gasteiger partial charge < -0.3 is 10.3 Å². The maximum Gasteiger partial charge on any atom is 0.261 e. The predicted molar refractivity (Wildman–Crippen MR) is 90.3 cm³/mol. The summed E-state index contributed by atoms with van der Waals surface area (Å²) in [5, 5.41) is 7.92. The van der Waals surface area contributed by atoms with Gasteiger partial charge in [-0.2, -0.15) is 0 Å². The molecule has 4 N–H and O–H groups in total. The van der Waals surface area contributed by atoms with Gasteiger partial charge in [0.15, 0.2) is 0 Å². The summed E-state index contributed by atoms with van der Waals surface area (Å²) in [5.74, 6) is -0.724. The van der Waals surface area contributed by atoms with Crippen molar-refractivity contribution in [2.24, 2.45) is 5.14 Å². The third kappa shape index (κ3) is 2.92. The van der Waals surface area contributed by atoms with E-state index in [1.165, 1.54) is 24.4 Å². The van der Waals surface area contributed by atoms with Gasteiger partial charge in [0, 0.05) is 17.1 Å². The second kappa shape index (κ2) is 5.91. The van der Waals surface area contributed by atoms with Gasteiger partial charge in [0.05, 0.1) is 5.69 Å². The average molecular weight is 343 g/mol. The zero-order valence-corrected chi connectivity index (χ0v) is 13.1. The van der Waals surface area contributed by atoms with Gasteiger partial charge in [-0.05, 0) is 24.3 Å². The van der Waals surface area contributed by atoms with Crippen molar-refractivity contribution in [2.45, 2.75) is 4.90 Å². The summed E-state index contributed by atoms with van der Waals surface area (Å²) >= 11 is 0. The molecule has 0 atom stereocenters. The van der Waals surface area contributed by atoms with Crippen LogP contribution in [-0.2, 0) is 10.0 Å². The number of nitrogens with two attached hydrogens (primary N) is 1. The molecule has 1 aromatic heterocycles. The number of sulfonamides is 1. The minimum atomic E-state index is -4.01. The molecular weight excluding hydrogens is 330 g/mol. The molecule has 0 spiro atoms. The Bertz CT molecular complexity index is 1100. The Morgan fingerprint density at radius 3 is 2.46 bits per heavy atom. The molecule has 0 unspecified atom stereocenters. The van der Waals surface area contributed by atoms with Crippen molar-refractivity contribution < 1.29 is 13.2 Å². The molecule has 2 aromatic carbocycles. The number of nitrogens with one attached hydrogen (secondary N) is 2. The Morgan fingerprint density at radius 1 is 1.04 bits per heavy atom. The summed E-state index contributed by atoms with van der Waals surface area (Å²) in [6.45, 7) is 0. The van der Waals surface area contributed by atoms with Crippen LogP contribution in [0, 0.1) is 0 Å². The van der Waals surface area contributed by atoms with E-state index < -0.39 is 21.4 Å². The first-order valence-corrected chi connectivity index (χ1v) is 8.46. The van der Waals surface area contributed by atoms with Crippen LogP contribution >= 0.6 is 0 Å². The smallest absolute Gasteiger partial charge is 0.261 e. The molecule has 122 valence electrons. The van der Waals surface area contributed by atoms with Gasteiger partial charge in [-0.3, -0.25) is 9.59 Å². The van der Waals surface area contributed by atoms with Gasteiger partial charge >= 0.3 is 0 Å². The third-order valence-electron chi connectivity index (χ3n) is 3.47. The number of aromatic amines is 1. The standard InChI is InChI=1S/C16H13N3O4S/c17-24(22,23)14-8-4-3-7-13(14)19-16(21)11-9-18-12-6-2-1-5-10(12)15(11)20/h1-9H,(H,18,20)(H,19,21)(H2,17,22,23). The van der Waals surface area contributed by atoms with Gasteiger partial charge in [-0.1, -0.05) is 24.3 Å². The number of pyridine rings is 1. The lowest BCUT2D eigenvalue weighted by Crippen LogP contribution is -2.23. The maximum absolute atomic E-state index is 12.4. The van der Waals surface area contributed by atoms with E-state index in [9.17, 15) is 18.0 Å². The number of para-hydroxylation sites is 2. The monoisotopic (exact) mass is 343 g/mol. The van der Waals surface area contributed by atoms with E-state index in [1.807, 2.05) is 0 Å². The molecule has 8 heteroatoms. The third-order valence-corrected chi connectivity index (χ3v) is 4.44. The molecule has 1 amide bonds. The first-order chi connectivity index (χ1) is 11.4. The van der Waals surface area contributed by atoms with Crippen LogP contribution in [0.1, 0.15) is 10.4 Å². The SMILES string of the molecule is NS(=O)(=O)c1ccccc1NC(=O)c1c[nH]c2ccccc2c1=O. The lowest BCUT2D eigenvalue weighted by atomic mass is 10.1. The number of primary sulfonamides is 1. The van der Waals surface area contributed by atoms with Gasteiger partial charge in [0.2, 0.25) is 15.5 Å². The fourth-order valence-corrected chi connectivity index (χ4v) is 3.04. The van der Waals surface area contributed by atoms with Crippen molar-refractivity contribution in [3.05, 3.63) is 70.5 Å². The number of hydrogen-bond acceptors (Lipinski definition) is 4. The van der Waals surface area contributed by atoms with Crippen molar-refractivity contribution in [3.8, 4) is 0 Å². The number of hydrogen-bond donors (Lipinski definition) is 3. The molecule has 0 bridgehead atoms. The second-order valence-electron chi connectivity index (χ2n) is 5.07. The highest BCUT2D eigenvalue weighted by Crippen LogP contribution is 2.20. The van der Waals surface area contributed by atoms with E-state index in [0.29, 0.717) is 10.9 Å². The number of H-pyrrole nitrogens is 1. The molecule has 0 aliphatic rings. The number of carbonyl (C=O) groups excluding carboxylic acids is 1. The first-order valence-electron chi connectivity index (χ1n) is 6.91. The molecule has 0 radical (unpaired) electrons. The van der Waals surface area contributed by atoms with Crippen molar-refractivity contribution in [2.75, 3.05) is 5.32 Å². The molecule has 1 heterocycles. The van der Waals surface area contributed by atoms with E-state index in [4.69, 9.17) is 5.14 Å². The Balaban J connectivity index is 2.04. The maximum atomic E-state index is 12.4. The number of carbonyl (C=O) groups is 1. The fraction of sp³-hybridized carbons (Fsp3) is 0. The number of amides is 1. The zero-order valence-electron chi connectivity index (χ0n) is 12.3. The van der Waals surface area contributed by atoms with E-state index >= 15 is 0 Å².